The van der Waals surface area contributed by atoms with Crippen molar-refractivity contribution in [3.8, 4) is 39.8 Å². The molecule has 1 aliphatic rings. The molecule has 0 fully saturated rings. The van der Waals surface area contributed by atoms with Gasteiger partial charge in [-0.05, 0) is 73.2 Å². The number of nitrogens with zero attached hydrogens (tertiary/aromatic N) is 3. The second-order valence-corrected chi connectivity index (χ2v) is 16.6. The molecule has 5 rings (SSSR count). The smallest absolute Gasteiger partial charge is 0.326 e. The highest BCUT2D eigenvalue weighted by Crippen LogP contribution is 2.44. The molecule has 0 unspecified atom stereocenters. The van der Waals surface area contributed by atoms with E-state index in [4.69, 9.17) is 26.7 Å². The zero-order chi connectivity index (χ0) is 47.0. The van der Waals surface area contributed by atoms with E-state index in [9.17, 15) is 39.3 Å². The number of amides is 4. The first-order valence-corrected chi connectivity index (χ1v) is 20.7. The number of rotatable bonds is 14. The molecule has 19 nitrogen and oxygen atoms in total. The van der Waals surface area contributed by atoms with Crippen molar-refractivity contribution in [3.05, 3.63) is 82.5 Å². The molecule has 0 aliphatic carbocycles. The number of carbonyl (C=O) groups is 5. The fourth-order valence-corrected chi connectivity index (χ4v) is 6.94. The fraction of sp³-hybridized carbons (Fsp3) is 0.400. The minimum Gasteiger partial charge on any atom is -0.504 e. The molecule has 1 aliphatic heterocycles. The van der Waals surface area contributed by atoms with E-state index >= 15 is 0 Å². The predicted octanol–water partition coefficient (Wildman–Crippen LogP) is 1.69. The largest absolute Gasteiger partial charge is 0.504 e. The second kappa shape index (κ2) is 20.6. The summed E-state index contributed by atoms with van der Waals surface area (Å²) >= 11 is 0. The quantitative estimate of drug-likeness (QED) is 0.0814. The Kier molecular flexibility index (Phi) is 15.5. The molecule has 4 aromatic rings. The molecule has 4 bridgehead atoms. The molecule has 19 heteroatoms. The lowest BCUT2D eigenvalue weighted by Crippen LogP contribution is -2.53. The molecule has 2 heterocycles. The summed E-state index contributed by atoms with van der Waals surface area (Å²) < 4.78 is 11.9. The Hall–Kier alpha value is -6.83. The number of aliphatic hydroxyl groups excluding tert-OH is 1. The van der Waals surface area contributed by atoms with Gasteiger partial charge in [0.25, 0.3) is 5.91 Å². The third-order valence-electron chi connectivity index (χ3n) is 10.6. The van der Waals surface area contributed by atoms with Gasteiger partial charge in [0.1, 0.15) is 48.0 Å². The van der Waals surface area contributed by atoms with Gasteiger partial charge in [-0.1, -0.05) is 51.1 Å². The number of aliphatic carboxylic acids is 1. The maximum absolute atomic E-state index is 14.4. The molecule has 0 spiro atoms. The van der Waals surface area contributed by atoms with E-state index < -0.39 is 66.1 Å². The number of nitrogens with two attached hydrogens (primary N) is 3. The number of carboxylic acid groups (broad SMARTS) is 1. The summed E-state index contributed by atoms with van der Waals surface area (Å²) in [6.07, 6.45) is -0.891. The van der Waals surface area contributed by atoms with Crippen LogP contribution in [-0.4, -0.2) is 118 Å². The van der Waals surface area contributed by atoms with Gasteiger partial charge in [-0.2, -0.15) is 0 Å². The number of hydrogen-bond acceptors (Lipinski definition) is 14. The van der Waals surface area contributed by atoms with Crippen LogP contribution in [0.4, 0.5) is 5.82 Å². The molecular formula is C45H57N9O10. The number of ether oxygens (including phenoxy) is 2. The van der Waals surface area contributed by atoms with Gasteiger partial charge >= 0.3 is 5.97 Å². The Balaban J connectivity index is 1.54. The first kappa shape index (κ1) is 48.2. The SMILES string of the molecule is Cc1nc(-c2ccc(C(C)(C)C)cc2)nc(N)c1C(=O)NCC(=O)N(C)[C@@H]1C(=O)N[C@@H](C)C(=O)N[C@H](C(=O)O)Cc2ccc(OC[C@H](O)CN)c(c2)-c2cc1cc(OCCCN)c2O. The molecule has 0 saturated carbocycles. The van der Waals surface area contributed by atoms with Crippen LogP contribution in [0.1, 0.15) is 72.9 Å². The molecule has 4 atom stereocenters. The third-order valence-corrected chi connectivity index (χ3v) is 10.6. The lowest BCUT2D eigenvalue weighted by atomic mass is 9.86. The van der Waals surface area contributed by atoms with Crippen LogP contribution in [0.2, 0.25) is 0 Å². The number of likely N-dealkylation sites (N-methyl/N-ethyl adjacent to an activating group) is 1. The highest BCUT2D eigenvalue weighted by atomic mass is 16.5. The van der Waals surface area contributed by atoms with Crippen LogP contribution < -0.4 is 42.6 Å². The number of nitrogens with one attached hydrogen (secondary N) is 3. The van der Waals surface area contributed by atoms with Crippen LogP contribution in [-0.2, 0) is 31.0 Å². The van der Waals surface area contributed by atoms with Crippen LogP contribution in [0.3, 0.4) is 0 Å². The summed E-state index contributed by atoms with van der Waals surface area (Å²) in [6.45, 7) is 8.51. The molecule has 1 aromatic heterocycles. The maximum atomic E-state index is 14.4. The summed E-state index contributed by atoms with van der Waals surface area (Å²) in [7, 11) is 1.31. The Morgan fingerprint density at radius 1 is 0.969 bits per heavy atom. The second-order valence-electron chi connectivity index (χ2n) is 16.6. The summed E-state index contributed by atoms with van der Waals surface area (Å²) in [5.74, 6) is -4.77. The Morgan fingerprint density at radius 2 is 1.67 bits per heavy atom. The number of carboxylic acids is 1. The number of aliphatic hydroxyl groups is 1. The summed E-state index contributed by atoms with van der Waals surface area (Å²) in [4.78, 5) is 77.8. The molecular weight excluding hydrogens is 827 g/mol. The van der Waals surface area contributed by atoms with E-state index in [1.807, 2.05) is 24.3 Å². The topological polar surface area (TPSA) is 308 Å². The number of nitrogen functional groups attached to an aromatic ring is 1. The lowest BCUT2D eigenvalue weighted by molar-refractivity contribution is -0.142. The van der Waals surface area contributed by atoms with Crippen molar-refractivity contribution in [2.24, 2.45) is 11.5 Å². The molecule has 342 valence electrons. The van der Waals surface area contributed by atoms with E-state index in [1.54, 1.807) is 13.0 Å². The average Bonchev–Trinajstić information content (AvgIpc) is 3.24. The highest BCUT2D eigenvalue weighted by Gasteiger charge is 2.35. The van der Waals surface area contributed by atoms with Crippen LogP contribution in [0.15, 0.2) is 54.6 Å². The highest BCUT2D eigenvalue weighted by molar-refractivity contribution is 6.01. The van der Waals surface area contributed by atoms with Gasteiger partial charge in [-0.25, -0.2) is 14.8 Å². The number of carbonyl (C=O) groups excluding carboxylic acids is 4. The van der Waals surface area contributed by atoms with Gasteiger partial charge in [0.2, 0.25) is 17.7 Å². The number of phenolic OH excluding ortho intramolecular Hbond substituents is 1. The van der Waals surface area contributed by atoms with Gasteiger partial charge in [0, 0.05) is 36.7 Å². The minimum absolute atomic E-state index is 0.0466. The van der Waals surface area contributed by atoms with Gasteiger partial charge in [0.05, 0.1) is 18.8 Å². The monoisotopic (exact) mass is 883 g/mol. The van der Waals surface area contributed by atoms with Crippen molar-refractivity contribution >= 4 is 35.4 Å². The van der Waals surface area contributed by atoms with Crippen LogP contribution in [0.5, 0.6) is 17.2 Å². The number of fused-ring (bicyclic) bond motifs is 5. The first-order chi connectivity index (χ1) is 30.2. The van der Waals surface area contributed by atoms with Crippen molar-refractivity contribution in [2.75, 3.05) is 45.6 Å². The van der Waals surface area contributed by atoms with Crippen molar-refractivity contribution in [2.45, 2.75) is 77.1 Å². The summed E-state index contributed by atoms with van der Waals surface area (Å²) in [5, 5.41) is 39.7. The number of hydrogen-bond donors (Lipinski definition) is 9. The normalized spacial score (nSPS) is 17.0. The van der Waals surface area contributed by atoms with Gasteiger partial charge in [-0.15, -0.1) is 0 Å². The van der Waals surface area contributed by atoms with E-state index in [2.05, 4.69) is 46.7 Å². The van der Waals surface area contributed by atoms with Crippen molar-refractivity contribution in [3.63, 3.8) is 0 Å². The third kappa shape index (κ3) is 11.4. The van der Waals surface area contributed by atoms with E-state index in [0.29, 0.717) is 23.4 Å². The first-order valence-electron chi connectivity index (χ1n) is 20.7. The number of aromatic hydroxyl groups is 1. The minimum atomic E-state index is -1.56. The Morgan fingerprint density at radius 3 is 2.30 bits per heavy atom. The average molecular weight is 884 g/mol. The standard InChI is InChI=1S/C45H57N9O10/c1-23-36(39(48)53-40(50-23)26-9-11-28(12-10-26)45(3,4)5)42(59)49-21-35(56)54(6)37-27-18-31(38(57)34(19-27)63-15-7-14-46)30-16-25(8-13-33(30)64-22-29(55)20-47)17-32(44(61)62)52-41(58)24(2)51-43(37)60/h8-13,16,18-19,24,29,32,37,55,57H,7,14-15,17,20-22,46-47H2,1-6H3,(H,49,59)(H,51,60)(H,52,58)(H,61,62)(H2,48,50,53)/t24-,29+,32-,37-/m0/s1. The lowest BCUT2D eigenvalue weighted by Gasteiger charge is -2.30. The zero-order valence-corrected chi connectivity index (χ0v) is 36.7. The van der Waals surface area contributed by atoms with Crippen LogP contribution in [0, 0.1) is 6.92 Å². The summed E-state index contributed by atoms with van der Waals surface area (Å²) in [5.41, 5.74) is 20.3. The zero-order valence-electron chi connectivity index (χ0n) is 36.7. The molecule has 12 N–H and O–H groups in total. The Bertz CT molecular complexity index is 2360. The van der Waals surface area contributed by atoms with E-state index in [-0.39, 0.29) is 83.4 Å². The van der Waals surface area contributed by atoms with Crippen molar-refractivity contribution < 1.29 is 48.8 Å². The molecule has 0 saturated heterocycles. The number of anilines is 1. The van der Waals surface area contributed by atoms with Crippen molar-refractivity contribution in [1.82, 2.24) is 30.8 Å². The van der Waals surface area contributed by atoms with E-state index in [1.165, 1.54) is 38.2 Å². The van der Waals surface area contributed by atoms with E-state index in [0.717, 1.165) is 10.5 Å². The molecule has 3 aromatic carbocycles. The predicted molar refractivity (Wildman–Crippen MR) is 237 cm³/mol. The van der Waals surface area contributed by atoms with Gasteiger partial charge in [0.15, 0.2) is 17.3 Å². The Labute approximate surface area is 370 Å². The van der Waals surface area contributed by atoms with Gasteiger partial charge in [-0.3, -0.25) is 19.2 Å². The van der Waals surface area contributed by atoms with Crippen LogP contribution in [0.25, 0.3) is 22.5 Å². The molecule has 4 amide bonds. The van der Waals surface area contributed by atoms with Gasteiger partial charge < -0.3 is 62.8 Å². The maximum Gasteiger partial charge on any atom is 0.326 e. The molecule has 0 radical (unpaired) electrons. The molecule has 64 heavy (non-hydrogen) atoms. The van der Waals surface area contributed by atoms with Crippen LogP contribution >= 0.6 is 0 Å². The number of aromatic nitrogens is 2. The fourth-order valence-electron chi connectivity index (χ4n) is 6.94. The number of phenols is 1. The summed E-state index contributed by atoms with van der Waals surface area (Å²) in [6, 6.07) is 10.8. The number of aryl methyl sites for hydroxylation is 1. The number of benzene rings is 3. The van der Waals surface area contributed by atoms with Crippen molar-refractivity contribution in [1.29, 1.82) is 0 Å².